The number of nitrogens with zero attached hydrogens (tertiary/aromatic N) is 3. The van der Waals surface area contributed by atoms with E-state index < -0.39 is 35.5 Å². The van der Waals surface area contributed by atoms with Crippen LogP contribution in [-0.2, 0) is 28.5 Å². The van der Waals surface area contributed by atoms with Gasteiger partial charge in [-0.3, -0.25) is 9.59 Å². The van der Waals surface area contributed by atoms with Crippen LogP contribution in [0.1, 0.15) is 68.5 Å². The number of benzene rings is 3. The second kappa shape index (κ2) is 12.3. The number of carbonyl (C=O) groups excluding carboxylic acids is 2. The van der Waals surface area contributed by atoms with E-state index >= 15 is 0 Å². The summed E-state index contributed by atoms with van der Waals surface area (Å²) in [6, 6.07) is 14.8. The zero-order chi connectivity index (χ0) is 39.1. The molecule has 6 aromatic rings. The second-order valence-corrected chi connectivity index (χ2v) is 17.1. The van der Waals surface area contributed by atoms with Gasteiger partial charge in [-0.05, 0) is 53.6 Å². The standard InChI is InChI=1S/C42H36Cl3N5O6/c1-16(2)30-39-47-32-35(56-39)42-23-12-18(11-19(38(53)46-30)13-26(51)33(52)17(3)4)9-10-27(23)54-41(42)48-31-22(14-20(43)15-24(31)42)21-7-6-8-25-28(21)29(37(45)50(25)5)34-36(44)49-40(32)55-34/h6-10,12,14-17,19,30,33,41,48,52H,11,13H2,1-5H3,(H,46,53)/t19-,30+,33+,41?,42-/m1/s1. The molecule has 7 heterocycles. The van der Waals surface area contributed by atoms with Crippen molar-refractivity contribution in [3.05, 3.63) is 92.2 Å². The van der Waals surface area contributed by atoms with Gasteiger partial charge in [-0.1, -0.05) is 86.8 Å². The molecular formula is C42H36Cl3N5O6. The summed E-state index contributed by atoms with van der Waals surface area (Å²) in [6.45, 7) is 7.45. The van der Waals surface area contributed by atoms with Gasteiger partial charge in [-0.15, -0.1) is 0 Å². The summed E-state index contributed by atoms with van der Waals surface area (Å²) in [4.78, 5) is 37.5. The molecule has 4 aliphatic rings. The maximum Gasteiger partial charge on any atom is 0.250 e. The second-order valence-electron chi connectivity index (χ2n) is 15.9. The highest BCUT2D eigenvalue weighted by Crippen LogP contribution is 2.62. The number of rotatable bonds is 5. The van der Waals surface area contributed by atoms with Crippen molar-refractivity contribution < 1.29 is 28.3 Å². The van der Waals surface area contributed by atoms with Gasteiger partial charge < -0.3 is 33.9 Å². The first kappa shape index (κ1) is 35.6. The van der Waals surface area contributed by atoms with Crippen LogP contribution in [0.4, 0.5) is 5.69 Å². The largest absolute Gasteiger partial charge is 0.469 e. The first-order valence-corrected chi connectivity index (χ1v) is 19.8. The van der Waals surface area contributed by atoms with Gasteiger partial charge in [0.2, 0.25) is 11.8 Å². The molecule has 0 radical (unpaired) electrons. The lowest BCUT2D eigenvalue weighted by molar-refractivity contribution is -0.135. The number of carbonyl (C=O) groups is 2. The molecule has 56 heavy (non-hydrogen) atoms. The first-order valence-electron chi connectivity index (χ1n) is 18.6. The highest BCUT2D eigenvalue weighted by Gasteiger charge is 2.62. The molecule has 0 fully saturated rings. The van der Waals surface area contributed by atoms with Crippen molar-refractivity contribution in [2.45, 2.75) is 64.3 Å². The number of halogens is 3. The van der Waals surface area contributed by atoms with E-state index in [4.69, 9.17) is 58.3 Å². The Morgan fingerprint density at radius 1 is 1.02 bits per heavy atom. The zero-order valence-electron chi connectivity index (χ0n) is 31.0. The van der Waals surface area contributed by atoms with Gasteiger partial charge in [-0.2, -0.15) is 4.98 Å². The normalized spacial score (nSPS) is 22.0. The van der Waals surface area contributed by atoms with Gasteiger partial charge in [0.1, 0.15) is 28.5 Å². The topological polar surface area (TPSA) is 145 Å². The fourth-order valence-electron chi connectivity index (χ4n) is 9.07. The van der Waals surface area contributed by atoms with Crippen LogP contribution in [0.3, 0.4) is 0 Å². The number of aryl methyl sites for hydroxylation is 1. The summed E-state index contributed by atoms with van der Waals surface area (Å²) in [6.07, 6.45) is -1.89. The maximum atomic E-state index is 14.3. The lowest BCUT2D eigenvalue weighted by atomic mass is 9.72. The summed E-state index contributed by atoms with van der Waals surface area (Å²) >= 11 is 21.3. The summed E-state index contributed by atoms with van der Waals surface area (Å²) in [5.41, 5.74) is 5.16. The highest BCUT2D eigenvalue weighted by molar-refractivity contribution is 6.38. The number of fused-ring (bicyclic) bond motifs is 7. The fraction of sp³-hybridized carbons (Fsp3) is 0.333. The van der Waals surface area contributed by atoms with E-state index in [0.29, 0.717) is 27.2 Å². The molecule has 1 amide bonds. The van der Waals surface area contributed by atoms with Crippen molar-refractivity contribution in [2.24, 2.45) is 24.8 Å². The number of nitrogens with one attached hydrogen (secondary N) is 2. The summed E-state index contributed by atoms with van der Waals surface area (Å²) in [7, 11) is 1.88. The van der Waals surface area contributed by atoms with Crippen LogP contribution in [0.15, 0.2) is 57.4 Å². The molecule has 14 heteroatoms. The Labute approximate surface area is 336 Å². The van der Waals surface area contributed by atoms with Crippen molar-refractivity contribution in [3.63, 3.8) is 0 Å². The molecule has 10 rings (SSSR count). The first-order chi connectivity index (χ1) is 26.8. The van der Waals surface area contributed by atoms with Crippen LogP contribution >= 0.6 is 34.8 Å². The molecular weight excluding hydrogens is 777 g/mol. The van der Waals surface area contributed by atoms with E-state index in [-0.39, 0.29) is 59.0 Å². The number of aromatic nitrogens is 3. The number of aliphatic hydroxyl groups is 1. The predicted octanol–water partition coefficient (Wildman–Crippen LogP) is 8.87. The van der Waals surface area contributed by atoms with E-state index in [1.165, 1.54) is 0 Å². The van der Waals surface area contributed by atoms with Crippen LogP contribution in [0, 0.1) is 17.8 Å². The van der Waals surface area contributed by atoms with Crippen LogP contribution in [0.5, 0.6) is 5.75 Å². The molecule has 3 aromatic carbocycles. The molecule has 1 unspecified atom stereocenters. The maximum absolute atomic E-state index is 14.3. The summed E-state index contributed by atoms with van der Waals surface area (Å²) < 4.78 is 22.4. The quantitative estimate of drug-likeness (QED) is 0.156. The Hall–Kier alpha value is -4.81. The summed E-state index contributed by atoms with van der Waals surface area (Å²) in [5, 5.41) is 19.4. The van der Waals surface area contributed by atoms with Crippen molar-refractivity contribution in [2.75, 3.05) is 5.32 Å². The number of hydrogen-bond acceptors (Lipinski definition) is 9. The number of ether oxygens (including phenoxy) is 1. The minimum Gasteiger partial charge on any atom is -0.469 e. The third-order valence-corrected chi connectivity index (χ3v) is 12.8. The molecule has 10 bridgehead atoms. The third-order valence-electron chi connectivity index (χ3n) is 11.9. The van der Waals surface area contributed by atoms with Crippen molar-refractivity contribution in [1.29, 1.82) is 0 Å². The van der Waals surface area contributed by atoms with Crippen LogP contribution in [-0.4, -0.2) is 43.7 Å². The lowest BCUT2D eigenvalue weighted by Crippen LogP contribution is -2.41. The van der Waals surface area contributed by atoms with Gasteiger partial charge >= 0.3 is 0 Å². The highest BCUT2D eigenvalue weighted by atomic mass is 35.5. The van der Waals surface area contributed by atoms with Crippen molar-refractivity contribution in [3.8, 4) is 39.8 Å². The predicted molar refractivity (Wildman–Crippen MR) is 212 cm³/mol. The molecule has 4 aliphatic heterocycles. The number of ketones is 1. The van der Waals surface area contributed by atoms with Crippen LogP contribution in [0.2, 0.25) is 15.3 Å². The van der Waals surface area contributed by atoms with E-state index in [1.807, 2.05) is 74.0 Å². The third kappa shape index (κ3) is 4.80. The average molecular weight is 813 g/mol. The summed E-state index contributed by atoms with van der Waals surface area (Å²) in [5.74, 6) is -0.588. The Morgan fingerprint density at radius 2 is 1.82 bits per heavy atom. The van der Waals surface area contributed by atoms with E-state index in [1.54, 1.807) is 13.8 Å². The van der Waals surface area contributed by atoms with Crippen molar-refractivity contribution >= 4 is 63.1 Å². The van der Waals surface area contributed by atoms with Gasteiger partial charge in [-0.25, -0.2) is 4.98 Å². The van der Waals surface area contributed by atoms with Crippen LogP contribution in [0.25, 0.3) is 44.9 Å². The molecule has 0 saturated carbocycles. The molecule has 5 atom stereocenters. The van der Waals surface area contributed by atoms with E-state index in [2.05, 4.69) is 10.6 Å². The SMILES string of the molecule is CC(C)[C@H](O)C(=O)C[C@H]1Cc2ccc3c(c2)[C@]24c5cc(Cl)cc(c5NC2O3)-c2cccc3c2c(c(Cl)n3C)-c2oc(nc2Cl)-c2nc(oc24)[C@H](C(C)C)NC1=O. The average Bonchev–Trinajstić information content (AvgIpc) is 3.95. The minimum atomic E-state index is -1.21. The Kier molecular flexibility index (Phi) is 7.85. The number of hydrogen-bond donors (Lipinski definition) is 3. The minimum absolute atomic E-state index is 0.0813. The fourth-order valence-corrected chi connectivity index (χ4v) is 9.77. The Morgan fingerprint density at radius 3 is 2.59 bits per heavy atom. The number of amides is 1. The van der Waals surface area contributed by atoms with Gasteiger partial charge in [0, 0.05) is 52.2 Å². The number of Topliss-reactive ketones (excluding diaryl/α,β-unsaturated/α-hetero) is 1. The number of oxazole rings is 2. The number of anilines is 1. The number of aliphatic hydroxyl groups excluding tert-OH is 1. The molecule has 0 aliphatic carbocycles. The van der Waals surface area contributed by atoms with E-state index in [9.17, 15) is 14.7 Å². The van der Waals surface area contributed by atoms with Gasteiger partial charge in [0.15, 0.2) is 34.4 Å². The zero-order valence-corrected chi connectivity index (χ0v) is 33.2. The Bertz CT molecular complexity index is 2700. The lowest BCUT2D eigenvalue weighted by Gasteiger charge is -2.29. The molecule has 3 N–H and O–H groups in total. The van der Waals surface area contributed by atoms with Gasteiger partial charge in [0.05, 0.1) is 11.1 Å². The molecule has 286 valence electrons. The molecule has 1 spiro atoms. The molecule has 3 aromatic heterocycles. The molecule has 11 nitrogen and oxygen atoms in total. The smallest absolute Gasteiger partial charge is 0.250 e. The van der Waals surface area contributed by atoms with Gasteiger partial charge in [0.25, 0.3) is 5.89 Å². The Balaban J connectivity index is 1.32. The molecule has 0 saturated heterocycles. The van der Waals surface area contributed by atoms with E-state index in [0.717, 1.165) is 44.4 Å². The van der Waals surface area contributed by atoms with Crippen molar-refractivity contribution in [1.82, 2.24) is 19.9 Å². The van der Waals surface area contributed by atoms with Crippen LogP contribution < -0.4 is 15.4 Å². The monoisotopic (exact) mass is 811 g/mol.